The van der Waals surface area contributed by atoms with Crippen molar-refractivity contribution in [2.45, 2.75) is 238 Å². The predicted molar refractivity (Wildman–Crippen MR) is 177 cm³/mol. The lowest BCUT2D eigenvalue weighted by Gasteiger charge is -2.17. The first-order valence-corrected chi connectivity index (χ1v) is 18.8. The van der Waals surface area contributed by atoms with Crippen molar-refractivity contribution in [2.75, 3.05) is 0 Å². The zero-order chi connectivity index (χ0) is 28.3. The largest absolute Gasteiger partial charge is 0.636 e. The molecule has 0 radical (unpaired) electrons. The minimum absolute atomic E-state index is 0.336. The molecule has 2 heteroatoms. The molecule has 39 heavy (non-hydrogen) atoms. The Kier molecular flexibility index (Phi) is 35.9. The van der Waals surface area contributed by atoms with E-state index in [-0.39, 0.29) is 0 Å². The molecule has 0 saturated carbocycles. The van der Waals surface area contributed by atoms with Crippen LogP contribution >= 0.6 is 0 Å². The van der Waals surface area contributed by atoms with Gasteiger partial charge in [0.05, 0.1) is 6.04 Å². The number of rotatable bonds is 35. The maximum absolute atomic E-state index is 11.5. The molecule has 0 unspecified atom stereocenters. The molecule has 0 amide bonds. The molecular formula is C37H77NO. The van der Waals surface area contributed by atoms with Gasteiger partial charge in [-0.3, -0.25) is 0 Å². The molecular weight excluding hydrogens is 474 g/mol. The molecule has 0 aromatic heterocycles. The van der Waals surface area contributed by atoms with Crippen LogP contribution in [0.25, 0.3) is 0 Å². The van der Waals surface area contributed by atoms with Gasteiger partial charge in [0.15, 0.2) is 0 Å². The number of quaternary nitrogens is 1. The van der Waals surface area contributed by atoms with Gasteiger partial charge in [-0.1, -0.05) is 206 Å². The van der Waals surface area contributed by atoms with Crippen molar-refractivity contribution in [3.05, 3.63) is 5.21 Å². The van der Waals surface area contributed by atoms with Crippen molar-refractivity contribution in [2.24, 2.45) is 0 Å². The smallest absolute Gasteiger partial charge is 0.0856 e. The van der Waals surface area contributed by atoms with E-state index in [1.54, 1.807) is 0 Å². The Morgan fingerprint density at radius 1 is 0.308 bits per heavy atom. The van der Waals surface area contributed by atoms with Crippen LogP contribution in [-0.2, 0) is 0 Å². The zero-order valence-corrected chi connectivity index (χ0v) is 27.6. The summed E-state index contributed by atoms with van der Waals surface area (Å²) in [6.45, 7) is 4.60. The van der Waals surface area contributed by atoms with Crippen molar-refractivity contribution in [1.29, 1.82) is 0 Å². The van der Waals surface area contributed by atoms with Gasteiger partial charge in [0.1, 0.15) is 0 Å². The molecule has 2 nitrogen and oxygen atoms in total. The second kappa shape index (κ2) is 35.9. The molecule has 0 spiro atoms. The normalized spacial score (nSPS) is 11.7. The second-order valence-corrected chi connectivity index (χ2v) is 13.1. The Bertz CT molecular complexity index is 376. The van der Waals surface area contributed by atoms with E-state index in [0.717, 1.165) is 12.8 Å². The third-order valence-corrected chi connectivity index (χ3v) is 9.05. The molecule has 0 atom stereocenters. The molecule has 0 aliphatic rings. The molecule has 236 valence electrons. The highest BCUT2D eigenvalue weighted by Gasteiger charge is 2.07. The Hall–Kier alpha value is -0.0800. The van der Waals surface area contributed by atoms with Crippen LogP contribution in [0.2, 0.25) is 0 Å². The Morgan fingerprint density at radius 3 is 0.667 bits per heavy atom. The number of hydroxylamine groups is 1. The van der Waals surface area contributed by atoms with E-state index in [4.69, 9.17) is 0 Å². The zero-order valence-electron chi connectivity index (χ0n) is 27.6. The molecule has 0 bridgehead atoms. The number of hydrogen-bond acceptors (Lipinski definition) is 1. The fraction of sp³-hybridized carbons (Fsp3) is 1.00. The fourth-order valence-corrected chi connectivity index (χ4v) is 6.19. The van der Waals surface area contributed by atoms with Gasteiger partial charge in [-0.2, -0.15) is 0 Å². The van der Waals surface area contributed by atoms with Gasteiger partial charge in [0.2, 0.25) is 0 Å². The summed E-state index contributed by atoms with van der Waals surface area (Å²) in [5, 5.41) is 11.5. The van der Waals surface area contributed by atoms with E-state index >= 15 is 0 Å². The molecule has 0 aliphatic heterocycles. The summed E-state index contributed by atoms with van der Waals surface area (Å²) in [6.07, 6.45) is 47.7. The quantitative estimate of drug-likeness (QED) is 0.0617. The predicted octanol–water partition coefficient (Wildman–Crippen LogP) is 12.7. The van der Waals surface area contributed by atoms with Crippen molar-refractivity contribution < 1.29 is 5.48 Å². The standard InChI is InChI=1S/C37H77NO/c1-3-5-7-9-11-13-15-17-19-21-23-25-27-29-31-33-35-37(38-39)36-34-32-30-28-26-24-22-20-18-16-14-12-10-8-6-4-2/h37H,3-36,38H2,1-2H3. The highest BCUT2D eigenvalue weighted by atomic mass is 16.5. The summed E-state index contributed by atoms with van der Waals surface area (Å²) in [7, 11) is 0. The summed E-state index contributed by atoms with van der Waals surface area (Å²) in [4.78, 5) is 0. The summed E-state index contributed by atoms with van der Waals surface area (Å²) in [5.74, 6) is 0. The molecule has 0 aliphatic carbocycles. The van der Waals surface area contributed by atoms with Crippen LogP contribution < -0.4 is 5.48 Å². The van der Waals surface area contributed by atoms with Crippen LogP contribution in [0, 0.1) is 5.21 Å². The lowest BCUT2D eigenvalue weighted by Crippen LogP contribution is -2.84. The van der Waals surface area contributed by atoms with Gasteiger partial charge in [0, 0.05) is 0 Å². The summed E-state index contributed by atoms with van der Waals surface area (Å²) < 4.78 is 0. The van der Waals surface area contributed by atoms with Crippen molar-refractivity contribution in [1.82, 2.24) is 0 Å². The molecule has 0 fully saturated rings. The Balaban J connectivity index is 3.25. The van der Waals surface area contributed by atoms with E-state index in [1.165, 1.54) is 211 Å². The van der Waals surface area contributed by atoms with Crippen LogP contribution in [0.1, 0.15) is 232 Å². The lowest BCUT2D eigenvalue weighted by atomic mass is 10.00. The monoisotopic (exact) mass is 552 g/mol. The van der Waals surface area contributed by atoms with Gasteiger partial charge in [-0.25, -0.2) is 0 Å². The summed E-state index contributed by atoms with van der Waals surface area (Å²) in [5.41, 5.74) is 1.26. The van der Waals surface area contributed by atoms with Crippen molar-refractivity contribution in [3.8, 4) is 0 Å². The minimum atomic E-state index is 0.336. The third kappa shape index (κ3) is 34.0. The topological polar surface area (TPSA) is 39.7 Å². The van der Waals surface area contributed by atoms with Gasteiger partial charge in [0.25, 0.3) is 0 Å². The van der Waals surface area contributed by atoms with Gasteiger partial charge in [-0.15, -0.1) is 0 Å². The second-order valence-electron chi connectivity index (χ2n) is 13.1. The molecule has 2 N–H and O–H groups in total. The number of nitrogens with two attached hydrogens (primary N) is 1. The van der Waals surface area contributed by atoms with Crippen molar-refractivity contribution >= 4 is 0 Å². The van der Waals surface area contributed by atoms with E-state index in [2.05, 4.69) is 13.8 Å². The van der Waals surface area contributed by atoms with E-state index in [9.17, 15) is 5.21 Å². The highest BCUT2D eigenvalue weighted by Crippen LogP contribution is 2.16. The first-order valence-electron chi connectivity index (χ1n) is 18.8. The summed E-state index contributed by atoms with van der Waals surface area (Å²) in [6, 6.07) is 0.336. The molecule has 0 rings (SSSR count). The Labute approximate surface area is 248 Å². The highest BCUT2D eigenvalue weighted by molar-refractivity contribution is 4.58. The SMILES string of the molecule is CCCCCCCCCCCCCCCCCCC(CCCCCCCCCCCCCCCCCC)[NH2+][O-]. The molecule has 0 aromatic rings. The van der Waals surface area contributed by atoms with E-state index in [1.807, 2.05) is 0 Å². The fourth-order valence-electron chi connectivity index (χ4n) is 6.19. The molecule has 0 saturated heterocycles. The maximum Gasteiger partial charge on any atom is 0.0856 e. The average Bonchev–Trinajstić information content (AvgIpc) is 2.95. The van der Waals surface area contributed by atoms with Crippen LogP contribution in [0.4, 0.5) is 0 Å². The number of unbranched alkanes of at least 4 members (excludes halogenated alkanes) is 30. The first-order chi connectivity index (χ1) is 19.3. The first kappa shape index (κ1) is 38.9. The van der Waals surface area contributed by atoms with Crippen LogP contribution in [0.15, 0.2) is 0 Å². The molecule has 0 heterocycles. The molecule has 0 aromatic carbocycles. The van der Waals surface area contributed by atoms with Crippen LogP contribution in [-0.4, -0.2) is 6.04 Å². The van der Waals surface area contributed by atoms with Gasteiger partial charge >= 0.3 is 0 Å². The van der Waals surface area contributed by atoms with Gasteiger partial charge in [-0.05, 0) is 25.7 Å². The number of hydrogen-bond donors (Lipinski definition) is 1. The van der Waals surface area contributed by atoms with E-state index in [0.29, 0.717) is 6.04 Å². The minimum Gasteiger partial charge on any atom is -0.636 e. The average molecular weight is 552 g/mol. The maximum atomic E-state index is 11.5. The third-order valence-electron chi connectivity index (χ3n) is 9.05. The van der Waals surface area contributed by atoms with E-state index < -0.39 is 0 Å². The lowest BCUT2D eigenvalue weighted by molar-refractivity contribution is -0.629. The van der Waals surface area contributed by atoms with Gasteiger partial charge < -0.3 is 10.7 Å². The van der Waals surface area contributed by atoms with Crippen LogP contribution in [0.5, 0.6) is 0 Å². The summed E-state index contributed by atoms with van der Waals surface area (Å²) >= 11 is 0. The van der Waals surface area contributed by atoms with Crippen molar-refractivity contribution in [3.63, 3.8) is 0 Å². The van der Waals surface area contributed by atoms with Crippen LogP contribution in [0.3, 0.4) is 0 Å². The Morgan fingerprint density at radius 2 is 0.487 bits per heavy atom.